The molecule has 6 heteroatoms. The Kier molecular flexibility index (Phi) is 6.44. The van der Waals surface area contributed by atoms with Gasteiger partial charge < -0.3 is 14.4 Å². The SMILES string of the molecule is O=C(O)c1cc(-n2cccc2Cc2c(Br)cccc2OCc2ccccc2)ccc1Cl. The van der Waals surface area contributed by atoms with Crippen molar-refractivity contribution in [3.8, 4) is 11.4 Å². The van der Waals surface area contributed by atoms with Crippen LogP contribution < -0.4 is 4.74 Å². The van der Waals surface area contributed by atoms with Crippen molar-refractivity contribution in [3.63, 3.8) is 0 Å². The van der Waals surface area contributed by atoms with Gasteiger partial charge in [-0.25, -0.2) is 4.79 Å². The lowest BCUT2D eigenvalue weighted by atomic mass is 10.1. The molecule has 0 aliphatic heterocycles. The van der Waals surface area contributed by atoms with Gasteiger partial charge in [-0.1, -0.05) is 63.9 Å². The van der Waals surface area contributed by atoms with Crippen LogP contribution in [0.2, 0.25) is 5.02 Å². The van der Waals surface area contributed by atoms with E-state index >= 15 is 0 Å². The molecule has 1 aromatic heterocycles. The van der Waals surface area contributed by atoms with Gasteiger partial charge in [0.25, 0.3) is 0 Å². The molecule has 31 heavy (non-hydrogen) atoms. The van der Waals surface area contributed by atoms with E-state index in [9.17, 15) is 9.90 Å². The van der Waals surface area contributed by atoms with Gasteiger partial charge in [-0.15, -0.1) is 0 Å². The predicted octanol–water partition coefficient (Wildman–Crippen LogP) is 6.76. The van der Waals surface area contributed by atoms with Gasteiger partial charge in [0, 0.05) is 34.0 Å². The van der Waals surface area contributed by atoms with Gasteiger partial charge in [0.2, 0.25) is 0 Å². The Morgan fingerprint density at radius 1 is 1.00 bits per heavy atom. The highest BCUT2D eigenvalue weighted by Crippen LogP contribution is 2.31. The predicted molar refractivity (Wildman–Crippen MR) is 125 cm³/mol. The number of nitrogens with zero attached hydrogens (tertiary/aromatic N) is 1. The number of hydrogen-bond acceptors (Lipinski definition) is 2. The molecule has 0 spiro atoms. The summed E-state index contributed by atoms with van der Waals surface area (Å²) in [6.45, 7) is 0.477. The second-order valence-electron chi connectivity index (χ2n) is 7.01. The van der Waals surface area contributed by atoms with E-state index in [0.717, 1.165) is 32.7 Å². The Morgan fingerprint density at radius 2 is 1.81 bits per heavy atom. The summed E-state index contributed by atoms with van der Waals surface area (Å²) >= 11 is 9.69. The Hall–Kier alpha value is -3.02. The summed E-state index contributed by atoms with van der Waals surface area (Å²) in [4.78, 5) is 11.5. The lowest BCUT2D eigenvalue weighted by Gasteiger charge is -2.15. The summed E-state index contributed by atoms with van der Waals surface area (Å²) in [5.41, 5.74) is 3.92. The largest absolute Gasteiger partial charge is 0.489 e. The van der Waals surface area contributed by atoms with Crippen LogP contribution in [0.4, 0.5) is 0 Å². The monoisotopic (exact) mass is 495 g/mol. The minimum atomic E-state index is -1.05. The fourth-order valence-electron chi connectivity index (χ4n) is 3.40. The number of hydrogen-bond donors (Lipinski definition) is 1. The molecule has 3 aromatic carbocycles. The van der Waals surface area contributed by atoms with Crippen LogP contribution >= 0.6 is 27.5 Å². The molecular weight excluding hydrogens is 478 g/mol. The Balaban J connectivity index is 1.64. The molecule has 0 aliphatic rings. The van der Waals surface area contributed by atoms with Crippen molar-refractivity contribution in [2.45, 2.75) is 13.0 Å². The fourth-order valence-corrected chi connectivity index (χ4v) is 4.09. The first-order chi connectivity index (χ1) is 15.0. The van der Waals surface area contributed by atoms with Crippen LogP contribution in [-0.2, 0) is 13.0 Å². The third kappa shape index (κ3) is 4.84. The van der Waals surface area contributed by atoms with Crippen molar-refractivity contribution in [1.29, 1.82) is 0 Å². The maximum atomic E-state index is 11.5. The van der Waals surface area contributed by atoms with Gasteiger partial charge in [-0.05, 0) is 48.0 Å². The first-order valence-corrected chi connectivity index (χ1v) is 10.8. The van der Waals surface area contributed by atoms with Crippen LogP contribution in [-0.4, -0.2) is 15.6 Å². The number of ether oxygens (including phenoxy) is 1. The minimum Gasteiger partial charge on any atom is -0.489 e. The van der Waals surface area contributed by atoms with E-state index < -0.39 is 5.97 Å². The van der Waals surface area contributed by atoms with E-state index in [2.05, 4.69) is 15.9 Å². The number of carbonyl (C=O) groups is 1. The van der Waals surface area contributed by atoms with Crippen molar-refractivity contribution >= 4 is 33.5 Å². The Bertz CT molecular complexity index is 1220. The zero-order valence-electron chi connectivity index (χ0n) is 16.5. The Morgan fingerprint density at radius 3 is 2.58 bits per heavy atom. The number of carboxylic acid groups (broad SMARTS) is 1. The average molecular weight is 497 g/mol. The van der Waals surface area contributed by atoms with Crippen molar-refractivity contribution in [2.75, 3.05) is 0 Å². The van der Waals surface area contributed by atoms with E-state index in [0.29, 0.717) is 13.0 Å². The summed E-state index contributed by atoms with van der Waals surface area (Å²) in [6.07, 6.45) is 2.51. The quantitative estimate of drug-likeness (QED) is 0.307. The van der Waals surface area contributed by atoms with E-state index in [4.69, 9.17) is 16.3 Å². The first-order valence-electron chi connectivity index (χ1n) is 9.66. The number of halogens is 2. The van der Waals surface area contributed by atoms with E-state index in [1.54, 1.807) is 12.1 Å². The zero-order chi connectivity index (χ0) is 21.8. The van der Waals surface area contributed by atoms with Crippen LogP contribution in [0.25, 0.3) is 5.69 Å². The number of aromatic carboxylic acids is 1. The lowest BCUT2D eigenvalue weighted by Crippen LogP contribution is -2.05. The van der Waals surface area contributed by atoms with Gasteiger partial charge in [0.05, 0.1) is 10.6 Å². The molecule has 0 radical (unpaired) electrons. The molecule has 1 N–H and O–H groups in total. The molecule has 4 aromatic rings. The molecule has 4 nitrogen and oxygen atoms in total. The maximum absolute atomic E-state index is 11.5. The van der Waals surface area contributed by atoms with Crippen LogP contribution in [0.1, 0.15) is 27.2 Å². The molecule has 0 atom stereocenters. The standard InChI is InChI=1S/C25H19BrClNO3/c26-22-9-4-10-24(31-16-17-6-2-1-3-7-17)20(22)14-18-8-5-13-28(18)19-11-12-23(27)21(15-19)25(29)30/h1-13,15H,14,16H2,(H,29,30). The highest BCUT2D eigenvalue weighted by molar-refractivity contribution is 9.10. The highest BCUT2D eigenvalue weighted by Gasteiger charge is 2.15. The molecule has 4 rings (SSSR count). The summed E-state index contributed by atoms with van der Waals surface area (Å²) in [6, 6.07) is 24.9. The van der Waals surface area contributed by atoms with Crippen LogP contribution in [0.5, 0.6) is 5.75 Å². The molecule has 0 saturated carbocycles. The van der Waals surface area contributed by atoms with Crippen LogP contribution in [0.3, 0.4) is 0 Å². The number of aromatic nitrogens is 1. The second kappa shape index (κ2) is 9.41. The van der Waals surface area contributed by atoms with E-state index in [1.165, 1.54) is 0 Å². The van der Waals surface area contributed by atoms with E-state index in [-0.39, 0.29) is 10.6 Å². The third-order valence-corrected chi connectivity index (χ3v) is 6.04. The molecule has 0 saturated heterocycles. The zero-order valence-corrected chi connectivity index (χ0v) is 18.8. The van der Waals surface area contributed by atoms with Crippen molar-refractivity contribution in [2.24, 2.45) is 0 Å². The molecule has 0 aliphatic carbocycles. The topological polar surface area (TPSA) is 51.5 Å². The summed E-state index contributed by atoms with van der Waals surface area (Å²) in [5.74, 6) is -0.253. The van der Waals surface area contributed by atoms with Gasteiger partial charge in [-0.3, -0.25) is 0 Å². The third-order valence-electron chi connectivity index (χ3n) is 4.96. The average Bonchev–Trinajstić information content (AvgIpc) is 3.23. The summed E-state index contributed by atoms with van der Waals surface area (Å²) in [7, 11) is 0. The number of benzene rings is 3. The second-order valence-corrected chi connectivity index (χ2v) is 8.27. The van der Waals surface area contributed by atoms with Crippen molar-refractivity contribution in [1.82, 2.24) is 4.57 Å². The molecular formula is C25H19BrClNO3. The molecule has 0 bridgehead atoms. The fraction of sp³-hybridized carbons (Fsp3) is 0.0800. The molecule has 0 amide bonds. The number of rotatable bonds is 7. The minimum absolute atomic E-state index is 0.0755. The summed E-state index contributed by atoms with van der Waals surface area (Å²) < 4.78 is 9.04. The van der Waals surface area contributed by atoms with Crippen molar-refractivity contribution in [3.05, 3.63) is 117 Å². The summed E-state index contributed by atoms with van der Waals surface area (Å²) in [5, 5.41) is 9.62. The van der Waals surface area contributed by atoms with Crippen LogP contribution in [0, 0.1) is 0 Å². The highest BCUT2D eigenvalue weighted by atomic mass is 79.9. The lowest BCUT2D eigenvalue weighted by molar-refractivity contribution is 0.0697. The van der Waals surface area contributed by atoms with Gasteiger partial charge >= 0.3 is 5.97 Å². The van der Waals surface area contributed by atoms with Gasteiger partial charge in [-0.2, -0.15) is 0 Å². The molecule has 0 unspecified atom stereocenters. The Labute approximate surface area is 193 Å². The molecule has 0 fully saturated rings. The van der Waals surface area contributed by atoms with Gasteiger partial charge in [0.1, 0.15) is 12.4 Å². The smallest absolute Gasteiger partial charge is 0.337 e. The maximum Gasteiger partial charge on any atom is 0.337 e. The van der Waals surface area contributed by atoms with Gasteiger partial charge in [0.15, 0.2) is 0 Å². The normalized spacial score (nSPS) is 10.8. The van der Waals surface area contributed by atoms with Crippen molar-refractivity contribution < 1.29 is 14.6 Å². The van der Waals surface area contributed by atoms with E-state index in [1.807, 2.05) is 77.5 Å². The first kappa shape index (κ1) is 21.2. The molecule has 1 heterocycles. The molecule has 156 valence electrons. The van der Waals surface area contributed by atoms with Crippen LogP contribution in [0.15, 0.2) is 89.5 Å². The number of carboxylic acids is 1.